The largest absolute Gasteiger partial charge is 0.457 e. The highest BCUT2D eigenvalue weighted by Crippen LogP contribution is 2.26. The number of hydrogen-bond acceptors (Lipinski definition) is 3. The Morgan fingerprint density at radius 1 is 1.12 bits per heavy atom. The van der Waals surface area contributed by atoms with E-state index in [1.165, 1.54) is 0 Å². The van der Waals surface area contributed by atoms with Crippen molar-refractivity contribution in [2.75, 3.05) is 5.73 Å². The summed E-state index contributed by atoms with van der Waals surface area (Å²) in [5, 5.41) is 3.05. The molecule has 1 amide bonds. The van der Waals surface area contributed by atoms with E-state index in [4.69, 9.17) is 10.5 Å². The van der Waals surface area contributed by atoms with Crippen LogP contribution in [0.4, 0.5) is 5.69 Å². The van der Waals surface area contributed by atoms with Gasteiger partial charge in [0.2, 0.25) is 5.91 Å². The number of carbonyl (C=O) groups is 1. The summed E-state index contributed by atoms with van der Waals surface area (Å²) in [5.74, 6) is 1.59. The number of benzene rings is 2. The second kappa shape index (κ2) is 8.39. The second-order valence-corrected chi connectivity index (χ2v) is 6.03. The number of amides is 1. The number of nitrogens with two attached hydrogens (primary N) is 1. The van der Waals surface area contributed by atoms with E-state index < -0.39 is 0 Å². The molecular weight excluding hydrogens is 300 g/mol. The summed E-state index contributed by atoms with van der Waals surface area (Å²) < 4.78 is 5.87. The van der Waals surface area contributed by atoms with E-state index in [0.29, 0.717) is 6.42 Å². The molecule has 0 spiro atoms. The van der Waals surface area contributed by atoms with Gasteiger partial charge in [0.05, 0.1) is 6.42 Å². The molecule has 0 heterocycles. The highest BCUT2D eigenvalue weighted by Gasteiger charge is 2.09. The lowest BCUT2D eigenvalue weighted by atomic mass is 10.1. The molecule has 2 aromatic carbocycles. The Morgan fingerprint density at radius 2 is 1.79 bits per heavy atom. The van der Waals surface area contributed by atoms with Crippen LogP contribution in [0, 0.1) is 6.92 Å². The van der Waals surface area contributed by atoms with E-state index in [1.54, 1.807) is 0 Å². The summed E-state index contributed by atoms with van der Waals surface area (Å²) in [5.41, 5.74) is 8.43. The van der Waals surface area contributed by atoms with Crippen molar-refractivity contribution in [2.24, 2.45) is 0 Å². The molecule has 0 atom stereocenters. The van der Waals surface area contributed by atoms with Gasteiger partial charge in [0.25, 0.3) is 0 Å². The Hall–Kier alpha value is -2.49. The predicted molar refractivity (Wildman–Crippen MR) is 98.3 cm³/mol. The van der Waals surface area contributed by atoms with Crippen molar-refractivity contribution in [1.82, 2.24) is 5.32 Å². The molecule has 2 rings (SSSR count). The summed E-state index contributed by atoms with van der Waals surface area (Å²) in [6, 6.07) is 13.4. The Bertz CT molecular complexity index is 677. The maximum absolute atomic E-state index is 12.0. The SMILES string of the molecule is CCC(CC)NC(=O)Cc1ccc(Oc2ccc(N)cc2C)cc1. The Morgan fingerprint density at radius 3 is 2.38 bits per heavy atom. The zero-order chi connectivity index (χ0) is 17.5. The van der Waals surface area contributed by atoms with Crippen molar-refractivity contribution >= 4 is 11.6 Å². The Kier molecular flexibility index (Phi) is 6.24. The van der Waals surface area contributed by atoms with Gasteiger partial charge in [0.15, 0.2) is 0 Å². The molecule has 24 heavy (non-hydrogen) atoms. The molecule has 3 N–H and O–H groups in total. The van der Waals surface area contributed by atoms with Crippen LogP contribution in [-0.2, 0) is 11.2 Å². The van der Waals surface area contributed by atoms with Gasteiger partial charge in [0, 0.05) is 11.7 Å². The number of ether oxygens (including phenoxy) is 1. The predicted octanol–water partition coefficient (Wildman–Crippen LogP) is 4.22. The average molecular weight is 326 g/mol. The fourth-order valence-corrected chi connectivity index (χ4v) is 2.55. The number of aryl methyl sites for hydroxylation is 1. The molecule has 0 bridgehead atoms. The maximum atomic E-state index is 12.0. The van der Waals surface area contributed by atoms with Crippen LogP contribution in [0.25, 0.3) is 0 Å². The molecule has 0 aliphatic rings. The summed E-state index contributed by atoms with van der Waals surface area (Å²) in [6.45, 7) is 6.13. The number of anilines is 1. The van der Waals surface area contributed by atoms with E-state index in [0.717, 1.165) is 41.2 Å². The first-order valence-corrected chi connectivity index (χ1v) is 8.44. The molecule has 0 radical (unpaired) electrons. The van der Waals surface area contributed by atoms with Gasteiger partial charge in [-0.2, -0.15) is 0 Å². The van der Waals surface area contributed by atoms with Gasteiger partial charge in [-0.25, -0.2) is 0 Å². The van der Waals surface area contributed by atoms with Crippen LogP contribution in [0.15, 0.2) is 42.5 Å². The lowest BCUT2D eigenvalue weighted by molar-refractivity contribution is -0.121. The molecule has 4 heteroatoms. The van der Waals surface area contributed by atoms with Gasteiger partial charge in [0.1, 0.15) is 11.5 Å². The quantitative estimate of drug-likeness (QED) is 0.749. The zero-order valence-corrected chi connectivity index (χ0v) is 14.6. The van der Waals surface area contributed by atoms with E-state index in [2.05, 4.69) is 19.2 Å². The molecule has 0 fully saturated rings. The van der Waals surface area contributed by atoms with Gasteiger partial charge < -0.3 is 15.8 Å². The first-order chi connectivity index (χ1) is 11.5. The van der Waals surface area contributed by atoms with Gasteiger partial charge in [-0.05, 0) is 61.2 Å². The molecule has 0 saturated heterocycles. The minimum Gasteiger partial charge on any atom is -0.457 e. The molecule has 0 unspecified atom stereocenters. The van der Waals surface area contributed by atoms with Crippen LogP contribution in [-0.4, -0.2) is 11.9 Å². The smallest absolute Gasteiger partial charge is 0.224 e. The van der Waals surface area contributed by atoms with Crippen molar-refractivity contribution in [1.29, 1.82) is 0 Å². The number of hydrogen-bond donors (Lipinski definition) is 2. The van der Waals surface area contributed by atoms with Gasteiger partial charge in [-0.3, -0.25) is 4.79 Å². The lowest BCUT2D eigenvalue weighted by Gasteiger charge is -2.14. The second-order valence-electron chi connectivity index (χ2n) is 6.03. The van der Waals surface area contributed by atoms with Crippen molar-refractivity contribution in [3.8, 4) is 11.5 Å². The Labute approximate surface area is 144 Å². The van der Waals surface area contributed by atoms with E-state index in [1.807, 2.05) is 49.4 Å². The van der Waals surface area contributed by atoms with Gasteiger partial charge in [-0.1, -0.05) is 26.0 Å². The molecular formula is C20H26N2O2. The van der Waals surface area contributed by atoms with Crippen molar-refractivity contribution in [3.63, 3.8) is 0 Å². The summed E-state index contributed by atoms with van der Waals surface area (Å²) in [6.07, 6.45) is 2.30. The third-order valence-corrected chi connectivity index (χ3v) is 4.07. The molecule has 0 saturated carbocycles. The van der Waals surface area contributed by atoms with E-state index >= 15 is 0 Å². The highest BCUT2D eigenvalue weighted by molar-refractivity contribution is 5.78. The molecule has 2 aromatic rings. The van der Waals surface area contributed by atoms with Crippen LogP contribution in [0.5, 0.6) is 11.5 Å². The van der Waals surface area contributed by atoms with E-state index in [-0.39, 0.29) is 11.9 Å². The minimum absolute atomic E-state index is 0.0618. The molecule has 0 aliphatic carbocycles. The normalized spacial score (nSPS) is 10.7. The van der Waals surface area contributed by atoms with Gasteiger partial charge >= 0.3 is 0 Å². The monoisotopic (exact) mass is 326 g/mol. The van der Waals surface area contributed by atoms with Crippen molar-refractivity contribution < 1.29 is 9.53 Å². The van der Waals surface area contributed by atoms with Crippen LogP contribution >= 0.6 is 0 Å². The van der Waals surface area contributed by atoms with Crippen LogP contribution < -0.4 is 15.8 Å². The molecule has 128 valence electrons. The van der Waals surface area contributed by atoms with E-state index in [9.17, 15) is 4.79 Å². The number of nitrogen functional groups attached to an aromatic ring is 1. The van der Waals surface area contributed by atoms with Crippen molar-refractivity contribution in [2.45, 2.75) is 46.1 Å². The first kappa shape index (κ1) is 17.9. The van der Waals surface area contributed by atoms with Crippen molar-refractivity contribution in [3.05, 3.63) is 53.6 Å². The third kappa shape index (κ3) is 5.01. The molecule has 0 aliphatic heterocycles. The molecule has 0 aromatic heterocycles. The zero-order valence-electron chi connectivity index (χ0n) is 14.6. The number of nitrogens with one attached hydrogen (secondary N) is 1. The third-order valence-electron chi connectivity index (χ3n) is 4.07. The fourth-order valence-electron chi connectivity index (χ4n) is 2.55. The molecule has 4 nitrogen and oxygen atoms in total. The minimum atomic E-state index is 0.0618. The lowest BCUT2D eigenvalue weighted by Crippen LogP contribution is -2.34. The number of carbonyl (C=O) groups excluding carboxylic acids is 1. The Balaban J connectivity index is 1.96. The van der Waals surface area contributed by atoms with Crippen LogP contribution in [0.3, 0.4) is 0 Å². The van der Waals surface area contributed by atoms with Crippen LogP contribution in [0.1, 0.15) is 37.8 Å². The maximum Gasteiger partial charge on any atom is 0.224 e. The summed E-state index contributed by atoms with van der Waals surface area (Å²) in [4.78, 5) is 12.0. The van der Waals surface area contributed by atoms with Gasteiger partial charge in [-0.15, -0.1) is 0 Å². The summed E-state index contributed by atoms with van der Waals surface area (Å²) >= 11 is 0. The summed E-state index contributed by atoms with van der Waals surface area (Å²) in [7, 11) is 0. The average Bonchev–Trinajstić information content (AvgIpc) is 2.57. The number of rotatable bonds is 7. The topological polar surface area (TPSA) is 64.3 Å². The van der Waals surface area contributed by atoms with Crippen LogP contribution in [0.2, 0.25) is 0 Å². The fraction of sp³-hybridized carbons (Fsp3) is 0.350. The first-order valence-electron chi connectivity index (χ1n) is 8.44. The highest BCUT2D eigenvalue weighted by atomic mass is 16.5. The standard InChI is InChI=1S/C20H26N2O2/c1-4-17(5-2)22-20(23)13-15-6-9-18(10-7-15)24-19-11-8-16(21)12-14(19)3/h6-12,17H,4-5,13,21H2,1-3H3,(H,22,23).